The molecule has 4 heteroatoms. The Morgan fingerprint density at radius 2 is 0.615 bits per heavy atom. The molecule has 242 valence electrons. The van der Waals surface area contributed by atoms with Gasteiger partial charge in [-0.2, -0.15) is 0 Å². The Labute approximate surface area is 300 Å². The molecule has 52 heavy (non-hydrogen) atoms. The van der Waals surface area contributed by atoms with Crippen molar-refractivity contribution in [3.63, 3.8) is 0 Å². The van der Waals surface area contributed by atoms with Gasteiger partial charge < -0.3 is 0 Å². The molecule has 0 aliphatic heterocycles. The van der Waals surface area contributed by atoms with Crippen LogP contribution < -0.4 is 0 Å². The molecule has 4 heterocycles. The normalized spacial score (nSPS) is 11.5. The fraction of sp³-hybridized carbons (Fsp3) is 0. The van der Waals surface area contributed by atoms with Crippen LogP contribution in [0.25, 0.3) is 99.8 Å². The number of nitrogens with zero attached hydrogens (tertiary/aromatic N) is 4. The Hall–Kier alpha value is -7.04. The Morgan fingerprint density at radius 3 is 1.19 bits per heavy atom. The average molecular weight is 663 g/mol. The first-order valence-corrected chi connectivity index (χ1v) is 17.5. The zero-order valence-corrected chi connectivity index (χ0v) is 28.1. The quantitative estimate of drug-likeness (QED) is 0.172. The van der Waals surface area contributed by atoms with Crippen molar-refractivity contribution in [3.05, 3.63) is 182 Å². The van der Waals surface area contributed by atoms with Crippen molar-refractivity contribution >= 4 is 43.6 Å². The molecule has 0 bridgehead atoms. The number of aromatic nitrogens is 4. The molecule has 0 saturated carbocycles. The predicted molar refractivity (Wildman–Crippen MR) is 215 cm³/mol. The Bertz CT molecular complexity index is 2960. The molecule has 0 radical (unpaired) electrons. The maximum absolute atomic E-state index is 5.19. The summed E-state index contributed by atoms with van der Waals surface area (Å²) < 4.78 is 0. The Balaban J connectivity index is 1.00. The first-order valence-electron chi connectivity index (χ1n) is 17.5. The molecule has 10 aromatic rings. The van der Waals surface area contributed by atoms with Gasteiger partial charge in [-0.05, 0) is 53.6 Å². The van der Waals surface area contributed by atoms with E-state index < -0.39 is 0 Å². The van der Waals surface area contributed by atoms with Crippen molar-refractivity contribution in [1.82, 2.24) is 19.9 Å². The monoisotopic (exact) mass is 662 g/mol. The smallest absolute Gasteiger partial charge is 0.0972 e. The van der Waals surface area contributed by atoms with Crippen LogP contribution in [0.15, 0.2) is 182 Å². The summed E-state index contributed by atoms with van der Waals surface area (Å²) in [7, 11) is 0. The lowest BCUT2D eigenvalue weighted by atomic mass is 10.0. The van der Waals surface area contributed by atoms with Gasteiger partial charge in [0.2, 0.25) is 0 Å². The molecular formula is C48H30N4. The fourth-order valence-corrected chi connectivity index (χ4v) is 7.06. The van der Waals surface area contributed by atoms with Crippen molar-refractivity contribution in [2.45, 2.75) is 0 Å². The van der Waals surface area contributed by atoms with Gasteiger partial charge in [0.05, 0.1) is 44.8 Å². The number of hydrogen-bond donors (Lipinski definition) is 0. The maximum atomic E-state index is 5.19. The summed E-state index contributed by atoms with van der Waals surface area (Å²) in [6.07, 6.45) is 0. The largest absolute Gasteiger partial charge is 0.248 e. The number of benzene rings is 6. The molecule has 0 aliphatic rings. The zero-order valence-electron chi connectivity index (χ0n) is 28.1. The predicted octanol–water partition coefficient (Wildman–Crippen LogP) is 12.2. The van der Waals surface area contributed by atoms with Gasteiger partial charge in [-0.15, -0.1) is 0 Å². The van der Waals surface area contributed by atoms with Crippen LogP contribution in [0.4, 0.5) is 0 Å². The Morgan fingerprint density at radius 1 is 0.231 bits per heavy atom. The van der Waals surface area contributed by atoms with E-state index in [2.05, 4.69) is 158 Å². The highest BCUT2D eigenvalue weighted by molar-refractivity contribution is 6.04. The second-order valence-electron chi connectivity index (χ2n) is 13.1. The highest BCUT2D eigenvalue weighted by Gasteiger charge is 2.11. The zero-order chi connectivity index (χ0) is 34.4. The third-order valence-corrected chi connectivity index (χ3v) is 9.83. The first kappa shape index (κ1) is 29.8. The van der Waals surface area contributed by atoms with Crippen LogP contribution in [-0.4, -0.2) is 19.9 Å². The van der Waals surface area contributed by atoms with Crippen LogP contribution in [0.2, 0.25) is 0 Å². The topological polar surface area (TPSA) is 51.6 Å². The summed E-state index contributed by atoms with van der Waals surface area (Å²) >= 11 is 0. The molecule has 10 rings (SSSR count). The van der Waals surface area contributed by atoms with Crippen LogP contribution >= 0.6 is 0 Å². The minimum Gasteiger partial charge on any atom is -0.248 e. The molecule has 0 fully saturated rings. The molecule has 6 aromatic carbocycles. The van der Waals surface area contributed by atoms with Gasteiger partial charge in [0.15, 0.2) is 0 Å². The molecule has 0 spiro atoms. The lowest BCUT2D eigenvalue weighted by Crippen LogP contribution is -1.92. The van der Waals surface area contributed by atoms with Gasteiger partial charge in [-0.1, -0.05) is 140 Å². The van der Waals surface area contributed by atoms with Gasteiger partial charge in [-0.3, -0.25) is 0 Å². The molecule has 4 aromatic heterocycles. The molecule has 0 amide bonds. The molecule has 0 N–H and O–H groups in total. The van der Waals surface area contributed by atoms with Crippen LogP contribution in [0.3, 0.4) is 0 Å². The first-order chi connectivity index (χ1) is 25.7. The fourth-order valence-electron chi connectivity index (χ4n) is 7.06. The van der Waals surface area contributed by atoms with Crippen LogP contribution in [-0.2, 0) is 0 Å². The Kier molecular flexibility index (Phi) is 7.10. The second kappa shape index (κ2) is 12.4. The summed E-state index contributed by atoms with van der Waals surface area (Å²) in [5.74, 6) is 0. The molecule has 0 saturated heterocycles. The minimum atomic E-state index is 0.896. The lowest BCUT2D eigenvalue weighted by molar-refractivity contribution is 1.36. The summed E-state index contributed by atoms with van der Waals surface area (Å²) in [6.45, 7) is 0. The maximum Gasteiger partial charge on any atom is 0.0972 e. The molecule has 4 nitrogen and oxygen atoms in total. The van der Waals surface area contributed by atoms with E-state index in [-0.39, 0.29) is 0 Å². The van der Waals surface area contributed by atoms with E-state index >= 15 is 0 Å². The highest BCUT2D eigenvalue weighted by Crippen LogP contribution is 2.32. The van der Waals surface area contributed by atoms with Gasteiger partial charge >= 0.3 is 0 Å². The average Bonchev–Trinajstić information content (AvgIpc) is 3.23. The number of hydrogen-bond acceptors (Lipinski definition) is 4. The lowest BCUT2D eigenvalue weighted by Gasteiger charge is -2.10. The van der Waals surface area contributed by atoms with Gasteiger partial charge in [0.25, 0.3) is 0 Å². The van der Waals surface area contributed by atoms with E-state index in [9.17, 15) is 0 Å². The van der Waals surface area contributed by atoms with E-state index in [1.54, 1.807) is 0 Å². The van der Waals surface area contributed by atoms with Gasteiger partial charge in [-0.25, -0.2) is 19.9 Å². The minimum absolute atomic E-state index is 0.896. The third kappa shape index (κ3) is 5.44. The van der Waals surface area contributed by atoms with Gasteiger partial charge in [0, 0.05) is 43.8 Å². The van der Waals surface area contributed by atoms with Crippen LogP contribution in [0.1, 0.15) is 0 Å². The summed E-state index contributed by atoms with van der Waals surface area (Å²) in [4.78, 5) is 20.5. The number of rotatable bonds is 5. The highest BCUT2D eigenvalue weighted by atomic mass is 14.8. The summed E-state index contributed by atoms with van der Waals surface area (Å²) in [5, 5.41) is 4.34. The molecule has 0 aliphatic carbocycles. The summed E-state index contributed by atoms with van der Waals surface area (Å²) in [6, 6.07) is 63.2. The van der Waals surface area contributed by atoms with Crippen molar-refractivity contribution in [3.8, 4) is 56.2 Å². The molecule has 0 atom stereocenters. The van der Waals surface area contributed by atoms with Crippen LogP contribution in [0.5, 0.6) is 0 Å². The van der Waals surface area contributed by atoms with Crippen LogP contribution in [0, 0.1) is 0 Å². The molecular weight excluding hydrogens is 633 g/mol. The van der Waals surface area contributed by atoms with Crippen molar-refractivity contribution < 1.29 is 0 Å². The van der Waals surface area contributed by atoms with Crippen molar-refractivity contribution in [1.29, 1.82) is 0 Å². The van der Waals surface area contributed by atoms with E-state index in [1.165, 1.54) is 5.56 Å². The van der Waals surface area contributed by atoms with Crippen molar-refractivity contribution in [2.24, 2.45) is 0 Å². The van der Waals surface area contributed by atoms with E-state index in [0.717, 1.165) is 94.2 Å². The standard InChI is InChI=1S/C48H30N4/c1-3-8-31(9-4-1)37-18-14-33-21-25-43(50-45(33)29-37)40-19-15-34-20-24-42(49-46(34)30-40)38-12-7-13-39(28-38)44-27-23-36-17-16-35-22-26-41(32-10-5-2-6-11-32)51-47(35)48(36)52-44/h1-30H. The van der Waals surface area contributed by atoms with E-state index in [0.29, 0.717) is 0 Å². The van der Waals surface area contributed by atoms with Crippen molar-refractivity contribution in [2.75, 3.05) is 0 Å². The second-order valence-corrected chi connectivity index (χ2v) is 13.1. The SMILES string of the molecule is c1ccc(-c2ccc3ccc(-c4ccc5ccc(-c6cccc(-c7ccc8ccc9ccc(-c%10ccccc%10)nc9c8n7)c6)nc5c4)nc3c2)cc1. The third-order valence-electron chi connectivity index (χ3n) is 9.83. The van der Waals surface area contributed by atoms with E-state index in [4.69, 9.17) is 19.9 Å². The van der Waals surface area contributed by atoms with E-state index in [1.807, 2.05) is 24.3 Å². The molecule has 0 unspecified atom stereocenters. The number of pyridine rings is 4. The number of fused-ring (bicyclic) bond motifs is 5. The van der Waals surface area contributed by atoms with Gasteiger partial charge in [0.1, 0.15) is 0 Å². The summed E-state index contributed by atoms with van der Waals surface area (Å²) in [5.41, 5.74) is 13.9.